The lowest BCUT2D eigenvalue weighted by Crippen LogP contribution is -2.46. The van der Waals surface area contributed by atoms with Crippen molar-refractivity contribution in [3.05, 3.63) is 34.9 Å². The van der Waals surface area contributed by atoms with Crippen LogP contribution in [0.4, 0.5) is 0 Å². The maximum Gasteiger partial charge on any atom is 0.326 e. The van der Waals surface area contributed by atoms with Gasteiger partial charge in [-0.15, -0.1) is 0 Å². The van der Waals surface area contributed by atoms with Gasteiger partial charge in [0.15, 0.2) is 0 Å². The zero-order valence-electron chi connectivity index (χ0n) is 11.9. The summed E-state index contributed by atoms with van der Waals surface area (Å²) < 4.78 is 0. The van der Waals surface area contributed by atoms with Gasteiger partial charge in [-0.3, -0.25) is 4.79 Å². The van der Waals surface area contributed by atoms with E-state index in [1.54, 1.807) is 26.8 Å². The molecule has 1 amide bonds. The van der Waals surface area contributed by atoms with Gasteiger partial charge in [0, 0.05) is 10.9 Å². The van der Waals surface area contributed by atoms with E-state index < -0.39 is 12.0 Å². The summed E-state index contributed by atoms with van der Waals surface area (Å²) in [5, 5.41) is 12.3. The molecule has 0 aliphatic rings. The van der Waals surface area contributed by atoms with Gasteiger partial charge in [0.05, 0.1) is 0 Å². The van der Waals surface area contributed by atoms with Gasteiger partial charge in [0.1, 0.15) is 6.04 Å². The Kier molecular flexibility index (Phi) is 6.02. The maximum absolute atomic E-state index is 12.1. The fraction of sp³-hybridized carbons (Fsp3) is 0.467. The second kappa shape index (κ2) is 7.29. The zero-order valence-corrected chi connectivity index (χ0v) is 12.6. The average Bonchev–Trinajstić information content (AvgIpc) is 2.37. The molecule has 2 atom stereocenters. The lowest BCUT2D eigenvalue weighted by Gasteiger charge is -2.20. The Morgan fingerprint density at radius 2 is 1.85 bits per heavy atom. The Morgan fingerprint density at radius 3 is 2.35 bits per heavy atom. The second-order valence-corrected chi connectivity index (χ2v) is 5.67. The normalized spacial score (nSPS) is 13.8. The van der Waals surface area contributed by atoms with Crippen molar-refractivity contribution in [2.45, 2.75) is 33.2 Å². The van der Waals surface area contributed by atoms with E-state index in [9.17, 15) is 9.59 Å². The molecular weight excluding hydrogens is 278 g/mol. The predicted octanol–water partition coefficient (Wildman–Crippen LogP) is 2.74. The van der Waals surface area contributed by atoms with Crippen LogP contribution >= 0.6 is 11.6 Å². The van der Waals surface area contributed by atoms with Crippen LogP contribution in [-0.4, -0.2) is 23.0 Å². The summed E-state index contributed by atoms with van der Waals surface area (Å²) in [4.78, 5) is 23.1. The average molecular weight is 298 g/mol. The summed E-state index contributed by atoms with van der Waals surface area (Å²) in [6.45, 7) is 5.29. The van der Waals surface area contributed by atoms with Gasteiger partial charge in [-0.25, -0.2) is 4.79 Å². The van der Waals surface area contributed by atoms with Gasteiger partial charge in [-0.05, 0) is 24.0 Å². The van der Waals surface area contributed by atoms with Crippen LogP contribution in [0, 0.1) is 11.8 Å². The van der Waals surface area contributed by atoms with Crippen LogP contribution < -0.4 is 5.32 Å². The molecule has 20 heavy (non-hydrogen) atoms. The topological polar surface area (TPSA) is 66.4 Å². The Labute approximate surface area is 124 Å². The van der Waals surface area contributed by atoms with Crippen LogP contribution in [0.3, 0.4) is 0 Å². The summed E-state index contributed by atoms with van der Waals surface area (Å²) in [6.07, 6.45) is 0.482. The van der Waals surface area contributed by atoms with Crippen LogP contribution in [0.2, 0.25) is 5.02 Å². The van der Waals surface area contributed by atoms with E-state index in [2.05, 4.69) is 5.32 Å². The highest BCUT2D eigenvalue weighted by molar-refractivity contribution is 6.31. The molecule has 110 valence electrons. The summed E-state index contributed by atoms with van der Waals surface area (Å²) in [5.41, 5.74) is 0.883. The molecule has 0 saturated carbocycles. The van der Waals surface area contributed by atoms with Crippen LogP contribution in [0.15, 0.2) is 24.3 Å². The van der Waals surface area contributed by atoms with Gasteiger partial charge < -0.3 is 10.4 Å². The highest BCUT2D eigenvalue weighted by Crippen LogP contribution is 2.19. The Balaban J connectivity index is 2.68. The fourth-order valence-electron chi connectivity index (χ4n) is 1.90. The molecule has 5 heteroatoms. The number of halogens is 1. The molecule has 0 fully saturated rings. The zero-order chi connectivity index (χ0) is 15.3. The monoisotopic (exact) mass is 297 g/mol. The van der Waals surface area contributed by atoms with Gasteiger partial charge in [-0.2, -0.15) is 0 Å². The molecule has 2 N–H and O–H groups in total. The first-order valence-corrected chi connectivity index (χ1v) is 6.97. The lowest BCUT2D eigenvalue weighted by molar-refractivity contribution is -0.143. The van der Waals surface area contributed by atoms with Crippen molar-refractivity contribution < 1.29 is 14.7 Å². The number of carboxylic acid groups (broad SMARTS) is 1. The minimum atomic E-state index is -1.02. The highest BCUT2D eigenvalue weighted by Gasteiger charge is 2.25. The quantitative estimate of drug-likeness (QED) is 0.848. The smallest absolute Gasteiger partial charge is 0.326 e. The van der Waals surface area contributed by atoms with Crippen molar-refractivity contribution in [2.75, 3.05) is 0 Å². The number of hydrogen-bond donors (Lipinski definition) is 2. The number of carboxylic acids is 1. The summed E-state index contributed by atoms with van der Waals surface area (Å²) in [5.74, 6) is -1.79. The molecule has 1 aromatic rings. The lowest BCUT2D eigenvalue weighted by atomic mass is 9.98. The molecule has 0 spiro atoms. The van der Waals surface area contributed by atoms with Gasteiger partial charge in [0.2, 0.25) is 5.91 Å². The van der Waals surface area contributed by atoms with E-state index in [4.69, 9.17) is 16.7 Å². The van der Waals surface area contributed by atoms with Crippen molar-refractivity contribution in [3.8, 4) is 0 Å². The summed E-state index contributed by atoms with van der Waals surface area (Å²) >= 11 is 6.05. The molecule has 0 saturated heterocycles. The van der Waals surface area contributed by atoms with Crippen molar-refractivity contribution >= 4 is 23.5 Å². The Hall–Kier alpha value is -1.55. The molecule has 0 aliphatic heterocycles. The third kappa shape index (κ3) is 4.53. The summed E-state index contributed by atoms with van der Waals surface area (Å²) in [6, 6.07) is 6.46. The summed E-state index contributed by atoms with van der Waals surface area (Å²) in [7, 11) is 0. The molecule has 0 heterocycles. The third-order valence-electron chi connectivity index (χ3n) is 3.16. The molecule has 0 radical (unpaired) electrons. The first-order chi connectivity index (χ1) is 9.32. The SMILES string of the molecule is CC(Cc1ccccc1Cl)C(=O)N[C@H](C(=O)O)C(C)C. The number of amides is 1. The number of nitrogens with one attached hydrogen (secondary N) is 1. The number of aliphatic carboxylic acids is 1. The van der Waals surface area contributed by atoms with Gasteiger partial charge in [-0.1, -0.05) is 50.6 Å². The number of hydrogen-bond acceptors (Lipinski definition) is 2. The molecule has 4 nitrogen and oxygen atoms in total. The van der Waals surface area contributed by atoms with E-state index in [1.807, 2.05) is 18.2 Å². The molecule has 0 aromatic heterocycles. The van der Waals surface area contributed by atoms with E-state index in [0.29, 0.717) is 11.4 Å². The van der Waals surface area contributed by atoms with Crippen molar-refractivity contribution in [2.24, 2.45) is 11.8 Å². The van der Waals surface area contributed by atoms with Crippen LogP contribution in [-0.2, 0) is 16.0 Å². The minimum Gasteiger partial charge on any atom is -0.480 e. The van der Waals surface area contributed by atoms with Gasteiger partial charge >= 0.3 is 5.97 Å². The predicted molar refractivity (Wildman–Crippen MR) is 78.7 cm³/mol. The van der Waals surface area contributed by atoms with Crippen LogP contribution in [0.1, 0.15) is 26.3 Å². The standard InChI is InChI=1S/C15H20ClNO3/c1-9(2)13(15(19)20)17-14(18)10(3)8-11-6-4-5-7-12(11)16/h4-7,9-10,13H,8H2,1-3H3,(H,17,18)(H,19,20)/t10?,13-/m0/s1. The maximum atomic E-state index is 12.1. The number of carbonyl (C=O) groups excluding carboxylic acids is 1. The largest absolute Gasteiger partial charge is 0.480 e. The van der Waals surface area contributed by atoms with Crippen LogP contribution in [0.5, 0.6) is 0 Å². The van der Waals surface area contributed by atoms with Crippen molar-refractivity contribution in [1.29, 1.82) is 0 Å². The first-order valence-electron chi connectivity index (χ1n) is 6.59. The molecule has 1 unspecified atom stereocenters. The first kappa shape index (κ1) is 16.5. The molecule has 0 bridgehead atoms. The third-order valence-corrected chi connectivity index (χ3v) is 3.53. The molecule has 0 aliphatic carbocycles. The molecule has 1 aromatic carbocycles. The van der Waals surface area contributed by atoms with E-state index in [0.717, 1.165) is 5.56 Å². The highest BCUT2D eigenvalue weighted by atomic mass is 35.5. The number of carbonyl (C=O) groups is 2. The van der Waals surface area contributed by atoms with Crippen molar-refractivity contribution in [1.82, 2.24) is 5.32 Å². The van der Waals surface area contributed by atoms with E-state index >= 15 is 0 Å². The van der Waals surface area contributed by atoms with Crippen molar-refractivity contribution in [3.63, 3.8) is 0 Å². The van der Waals surface area contributed by atoms with E-state index in [-0.39, 0.29) is 17.7 Å². The minimum absolute atomic E-state index is 0.163. The number of benzene rings is 1. The van der Waals surface area contributed by atoms with E-state index in [1.165, 1.54) is 0 Å². The number of rotatable bonds is 6. The fourth-order valence-corrected chi connectivity index (χ4v) is 2.11. The molecular formula is C15H20ClNO3. The van der Waals surface area contributed by atoms with Crippen LogP contribution in [0.25, 0.3) is 0 Å². The second-order valence-electron chi connectivity index (χ2n) is 5.27. The molecule has 1 rings (SSSR count). The Morgan fingerprint density at radius 1 is 1.25 bits per heavy atom. The Bertz CT molecular complexity index is 488. The van der Waals surface area contributed by atoms with Gasteiger partial charge in [0.25, 0.3) is 0 Å².